The van der Waals surface area contributed by atoms with E-state index in [1.165, 1.54) is 56.9 Å². The first kappa shape index (κ1) is 15.2. The summed E-state index contributed by atoms with van der Waals surface area (Å²) in [6, 6.07) is 0. The maximum atomic E-state index is 11.0. The van der Waals surface area contributed by atoms with Crippen LogP contribution in [0.1, 0.15) is 78.6 Å². The molecule has 0 bridgehead atoms. The molecule has 4 aliphatic rings. The van der Waals surface area contributed by atoms with Crippen LogP contribution in [0.25, 0.3) is 0 Å². The van der Waals surface area contributed by atoms with Crippen LogP contribution in [0.2, 0.25) is 0 Å². The van der Waals surface area contributed by atoms with Crippen LogP contribution in [0, 0.1) is 34.5 Å². The van der Waals surface area contributed by atoms with Crippen molar-refractivity contribution in [2.45, 2.75) is 84.2 Å². The van der Waals surface area contributed by atoms with Crippen LogP contribution in [0.3, 0.4) is 0 Å². The van der Waals surface area contributed by atoms with E-state index >= 15 is 0 Å². The van der Waals surface area contributed by atoms with Crippen molar-refractivity contribution in [2.24, 2.45) is 34.5 Å². The van der Waals surface area contributed by atoms with E-state index in [-0.39, 0.29) is 5.41 Å². The fourth-order valence-electron chi connectivity index (χ4n) is 7.53. The number of hydrogen-bond acceptors (Lipinski definition) is 1. The average Bonchev–Trinajstić information content (AvgIpc) is 2.68. The van der Waals surface area contributed by atoms with Gasteiger partial charge < -0.3 is 5.11 Å². The predicted octanol–water partition coefficient (Wildman–Crippen LogP) is 5.34. The van der Waals surface area contributed by atoms with Gasteiger partial charge in [-0.2, -0.15) is 0 Å². The molecule has 4 rings (SSSR count). The van der Waals surface area contributed by atoms with E-state index in [0.29, 0.717) is 5.41 Å². The van der Waals surface area contributed by atoms with Crippen LogP contribution in [0.15, 0.2) is 12.2 Å². The molecule has 124 valence electrons. The lowest BCUT2D eigenvalue weighted by Crippen LogP contribution is -2.55. The van der Waals surface area contributed by atoms with Crippen LogP contribution < -0.4 is 0 Å². The highest BCUT2D eigenvalue weighted by Crippen LogP contribution is 2.68. The molecule has 4 saturated carbocycles. The van der Waals surface area contributed by atoms with Gasteiger partial charge in [-0.3, -0.25) is 0 Å². The van der Waals surface area contributed by atoms with Crippen LogP contribution in [0.4, 0.5) is 0 Å². The van der Waals surface area contributed by atoms with Crippen molar-refractivity contribution in [1.82, 2.24) is 0 Å². The second-order valence-electron chi connectivity index (χ2n) is 9.89. The van der Waals surface area contributed by atoms with E-state index in [4.69, 9.17) is 0 Å². The van der Waals surface area contributed by atoms with Gasteiger partial charge in [0.05, 0.1) is 5.60 Å². The number of allylic oxidation sites excluding steroid dienone is 1. The van der Waals surface area contributed by atoms with Gasteiger partial charge in [-0.1, -0.05) is 26.0 Å². The quantitative estimate of drug-likeness (QED) is 0.599. The van der Waals surface area contributed by atoms with Crippen molar-refractivity contribution < 1.29 is 5.11 Å². The van der Waals surface area contributed by atoms with Gasteiger partial charge in [0.25, 0.3) is 0 Å². The van der Waals surface area contributed by atoms with Gasteiger partial charge in [-0.15, -0.1) is 0 Å². The van der Waals surface area contributed by atoms with E-state index in [1.807, 2.05) is 0 Å². The SMILES string of the molecule is C=C1CC[C@@H]2CCC3C(CCC4(C)C3CC[C@@]4(C)O)C2(C)C1. The van der Waals surface area contributed by atoms with Crippen LogP contribution in [0.5, 0.6) is 0 Å². The minimum absolute atomic E-state index is 0.170. The Balaban J connectivity index is 1.67. The zero-order valence-electron chi connectivity index (χ0n) is 14.8. The van der Waals surface area contributed by atoms with Gasteiger partial charge in [0.2, 0.25) is 0 Å². The van der Waals surface area contributed by atoms with Crippen molar-refractivity contribution in [3.8, 4) is 0 Å². The lowest BCUT2D eigenvalue weighted by atomic mass is 9.44. The van der Waals surface area contributed by atoms with Crippen LogP contribution >= 0.6 is 0 Å². The minimum Gasteiger partial charge on any atom is -0.390 e. The monoisotopic (exact) mass is 302 g/mol. The standard InChI is InChI=1S/C21H34O/c1-14-5-6-15-7-8-16-17(19(15,2)13-14)9-11-20(3)18(16)10-12-21(20,4)22/h15-18,22H,1,5-13H2,2-4H3/t15-,16?,17?,18?,19?,20?,21-/m1/s1. The molecule has 0 saturated heterocycles. The lowest BCUT2D eigenvalue weighted by molar-refractivity contribution is -0.141. The second-order valence-corrected chi connectivity index (χ2v) is 9.89. The molecular weight excluding hydrogens is 268 g/mol. The van der Waals surface area contributed by atoms with E-state index in [1.54, 1.807) is 0 Å². The number of rotatable bonds is 0. The maximum Gasteiger partial charge on any atom is 0.0675 e. The van der Waals surface area contributed by atoms with Gasteiger partial charge in [0.1, 0.15) is 0 Å². The zero-order valence-corrected chi connectivity index (χ0v) is 14.8. The van der Waals surface area contributed by atoms with Crippen LogP contribution in [-0.4, -0.2) is 10.7 Å². The Hall–Kier alpha value is -0.300. The van der Waals surface area contributed by atoms with Gasteiger partial charge in [-0.25, -0.2) is 0 Å². The third-order valence-electron chi connectivity index (χ3n) is 9.10. The highest BCUT2D eigenvalue weighted by molar-refractivity contribution is 5.16. The Kier molecular flexibility index (Phi) is 3.20. The highest BCUT2D eigenvalue weighted by Gasteiger charge is 2.62. The molecule has 0 aromatic heterocycles. The van der Waals surface area contributed by atoms with Gasteiger partial charge >= 0.3 is 0 Å². The first-order valence-corrected chi connectivity index (χ1v) is 9.67. The van der Waals surface area contributed by atoms with Crippen molar-refractivity contribution in [1.29, 1.82) is 0 Å². The summed E-state index contributed by atoms with van der Waals surface area (Å²) in [5, 5.41) is 11.0. The van der Waals surface area contributed by atoms with Crippen molar-refractivity contribution >= 4 is 0 Å². The first-order valence-electron chi connectivity index (χ1n) is 9.67. The van der Waals surface area contributed by atoms with Gasteiger partial charge in [-0.05, 0) is 99.2 Å². The number of fused-ring (bicyclic) bond motifs is 5. The molecule has 4 fully saturated rings. The Morgan fingerprint density at radius 2 is 1.68 bits per heavy atom. The first-order chi connectivity index (χ1) is 10.3. The molecular formula is C21H34O. The summed E-state index contributed by atoms with van der Waals surface area (Å²) in [5.74, 6) is 3.44. The zero-order chi connectivity index (χ0) is 15.8. The Morgan fingerprint density at radius 3 is 2.45 bits per heavy atom. The predicted molar refractivity (Wildman–Crippen MR) is 91.5 cm³/mol. The molecule has 0 spiro atoms. The molecule has 0 amide bonds. The topological polar surface area (TPSA) is 20.2 Å². The minimum atomic E-state index is -0.434. The molecule has 7 atom stereocenters. The molecule has 1 N–H and O–H groups in total. The largest absolute Gasteiger partial charge is 0.390 e. The van der Waals surface area contributed by atoms with Crippen LogP contribution in [-0.2, 0) is 0 Å². The van der Waals surface area contributed by atoms with E-state index < -0.39 is 5.60 Å². The summed E-state index contributed by atoms with van der Waals surface area (Å²) in [7, 11) is 0. The Bertz CT molecular complexity index is 492. The Morgan fingerprint density at radius 1 is 0.955 bits per heavy atom. The van der Waals surface area contributed by atoms with Crippen molar-refractivity contribution in [3.05, 3.63) is 12.2 Å². The summed E-state index contributed by atoms with van der Waals surface area (Å²) in [5.41, 5.74) is 1.75. The third-order valence-corrected chi connectivity index (χ3v) is 9.10. The molecule has 0 heterocycles. The Labute approximate surface area is 136 Å². The fourth-order valence-corrected chi connectivity index (χ4v) is 7.53. The molecule has 0 aliphatic heterocycles. The number of aliphatic hydroxyl groups is 1. The average molecular weight is 303 g/mol. The molecule has 1 heteroatoms. The summed E-state index contributed by atoms with van der Waals surface area (Å²) < 4.78 is 0. The summed E-state index contributed by atoms with van der Waals surface area (Å²) in [6.45, 7) is 11.5. The fraction of sp³-hybridized carbons (Fsp3) is 0.905. The maximum absolute atomic E-state index is 11.0. The smallest absolute Gasteiger partial charge is 0.0675 e. The molecule has 4 aliphatic carbocycles. The molecule has 5 unspecified atom stereocenters. The molecule has 0 aromatic rings. The van der Waals surface area contributed by atoms with Gasteiger partial charge in [0, 0.05) is 0 Å². The van der Waals surface area contributed by atoms with E-state index in [2.05, 4.69) is 27.4 Å². The van der Waals surface area contributed by atoms with Crippen molar-refractivity contribution in [3.63, 3.8) is 0 Å². The highest BCUT2D eigenvalue weighted by atomic mass is 16.3. The lowest BCUT2D eigenvalue weighted by Gasteiger charge is -2.61. The number of hydrogen-bond donors (Lipinski definition) is 1. The molecule has 1 nitrogen and oxygen atoms in total. The normalized spacial score (nSPS) is 57.9. The summed E-state index contributed by atoms with van der Waals surface area (Å²) in [6.07, 6.45) is 11.6. The summed E-state index contributed by atoms with van der Waals surface area (Å²) >= 11 is 0. The second kappa shape index (κ2) is 4.62. The third kappa shape index (κ3) is 1.81. The summed E-state index contributed by atoms with van der Waals surface area (Å²) in [4.78, 5) is 0. The van der Waals surface area contributed by atoms with Gasteiger partial charge in [0.15, 0.2) is 0 Å². The van der Waals surface area contributed by atoms with Crippen molar-refractivity contribution in [2.75, 3.05) is 0 Å². The van der Waals surface area contributed by atoms with E-state index in [9.17, 15) is 5.11 Å². The molecule has 0 aromatic carbocycles. The molecule has 22 heavy (non-hydrogen) atoms. The molecule has 0 radical (unpaired) electrons. The van der Waals surface area contributed by atoms with E-state index in [0.717, 1.165) is 30.1 Å².